The fraction of sp³-hybridized carbons (Fsp3) is 0.167. The van der Waals surface area contributed by atoms with Crippen molar-refractivity contribution in [1.82, 2.24) is 25.2 Å². The fourth-order valence-corrected chi connectivity index (χ4v) is 3.39. The van der Waals surface area contributed by atoms with Gasteiger partial charge < -0.3 is 16.5 Å². The van der Waals surface area contributed by atoms with Gasteiger partial charge in [-0.3, -0.25) is 14.8 Å². The Morgan fingerprint density at radius 2 is 1.97 bits per heavy atom. The molecule has 0 fully saturated rings. The maximum atomic E-state index is 14.4. The molecule has 1 aromatic carbocycles. The molecule has 174 valence electrons. The van der Waals surface area contributed by atoms with E-state index >= 15 is 0 Å². The van der Waals surface area contributed by atoms with E-state index in [1.165, 1.54) is 29.3 Å². The van der Waals surface area contributed by atoms with E-state index in [0.717, 1.165) is 11.1 Å². The predicted molar refractivity (Wildman–Crippen MR) is 123 cm³/mol. The van der Waals surface area contributed by atoms with Crippen LogP contribution in [-0.4, -0.2) is 32.3 Å². The van der Waals surface area contributed by atoms with Gasteiger partial charge in [-0.2, -0.15) is 9.18 Å². The van der Waals surface area contributed by atoms with Gasteiger partial charge in [0.15, 0.2) is 0 Å². The zero-order valence-electron chi connectivity index (χ0n) is 18.2. The maximum Gasteiger partial charge on any atom is 0.253 e. The number of nitrogens with two attached hydrogens (primary N) is 1. The molecule has 0 saturated carbocycles. The van der Waals surface area contributed by atoms with Crippen LogP contribution in [0.15, 0.2) is 67.1 Å². The van der Waals surface area contributed by atoms with E-state index in [1.54, 1.807) is 30.5 Å². The van der Waals surface area contributed by atoms with Gasteiger partial charge in [0.1, 0.15) is 5.82 Å². The second-order valence-electron chi connectivity index (χ2n) is 7.49. The molecular weight excluding hydrogens is 440 g/mol. The first-order chi connectivity index (χ1) is 16.5. The van der Waals surface area contributed by atoms with Crippen LogP contribution in [0.1, 0.15) is 27.2 Å². The number of hydrogen-bond acceptors (Lipinski definition) is 6. The zero-order valence-corrected chi connectivity index (χ0v) is 18.2. The second-order valence-corrected chi connectivity index (χ2v) is 7.49. The Labute approximate surface area is 194 Å². The van der Waals surface area contributed by atoms with Gasteiger partial charge in [0, 0.05) is 32.0 Å². The Bertz CT molecular complexity index is 1270. The van der Waals surface area contributed by atoms with Gasteiger partial charge in [-0.1, -0.05) is 18.2 Å². The molecule has 4 N–H and O–H groups in total. The minimum absolute atomic E-state index is 0.188. The molecule has 0 saturated heterocycles. The van der Waals surface area contributed by atoms with Crippen LogP contribution in [0.5, 0.6) is 0 Å². The van der Waals surface area contributed by atoms with Gasteiger partial charge in [0.05, 0.1) is 28.7 Å². The average Bonchev–Trinajstić information content (AvgIpc) is 3.23. The van der Waals surface area contributed by atoms with E-state index in [2.05, 4.69) is 25.8 Å². The molecule has 0 radical (unpaired) electrons. The van der Waals surface area contributed by atoms with Crippen molar-refractivity contribution >= 4 is 5.91 Å². The van der Waals surface area contributed by atoms with Gasteiger partial charge in [-0.15, -0.1) is 5.10 Å². The summed E-state index contributed by atoms with van der Waals surface area (Å²) in [4.78, 5) is 22.1. The smallest absolute Gasteiger partial charge is 0.253 e. The molecule has 1 amide bonds. The van der Waals surface area contributed by atoms with Crippen LogP contribution in [0.2, 0.25) is 0 Å². The van der Waals surface area contributed by atoms with E-state index < -0.39 is 5.95 Å². The van der Waals surface area contributed by atoms with Gasteiger partial charge in [0.25, 0.3) is 5.91 Å². The van der Waals surface area contributed by atoms with Crippen molar-refractivity contribution in [3.63, 3.8) is 0 Å². The molecule has 0 bridgehead atoms. The molecular formula is C24H23F2N7O. The van der Waals surface area contributed by atoms with Crippen molar-refractivity contribution in [3.8, 4) is 11.3 Å². The highest BCUT2D eigenvalue weighted by Crippen LogP contribution is 2.19. The lowest BCUT2D eigenvalue weighted by Gasteiger charge is -2.08. The summed E-state index contributed by atoms with van der Waals surface area (Å²) < 4.78 is 27.6. The van der Waals surface area contributed by atoms with Crippen LogP contribution in [0.4, 0.5) is 8.78 Å². The lowest BCUT2D eigenvalue weighted by Crippen LogP contribution is -2.24. The van der Waals surface area contributed by atoms with Crippen LogP contribution >= 0.6 is 0 Å². The number of benzene rings is 1. The van der Waals surface area contributed by atoms with E-state index in [4.69, 9.17) is 5.73 Å². The van der Waals surface area contributed by atoms with Gasteiger partial charge in [-0.05, 0) is 47.9 Å². The predicted octanol–water partition coefficient (Wildman–Crippen LogP) is 2.79. The van der Waals surface area contributed by atoms with E-state index in [1.807, 2.05) is 12.1 Å². The monoisotopic (exact) mass is 463 g/mol. The number of pyridine rings is 2. The summed E-state index contributed by atoms with van der Waals surface area (Å²) >= 11 is 0. The van der Waals surface area contributed by atoms with Crippen LogP contribution in [0, 0.1) is 11.8 Å². The molecule has 3 aromatic heterocycles. The zero-order chi connectivity index (χ0) is 23.9. The molecule has 0 aliphatic rings. The minimum atomic E-state index is -0.700. The van der Waals surface area contributed by atoms with Gasteiger partial charge in [-0.25, -0.2) is 4.39 Å². The summed E-state index contributed by atoms with van der Waals surface area (Å²) in [5, 5.41) is 6.61. The molecule has 10 heteroatoms. The standard InChI is InChI=1S/C24H23F2N7O/c25-19-5-1-3-16(11-19)8-10-31-33-15-20(23(26)32-33)21-7-6-18(14-29-21)24(34)30-13-17-4-2-9-28-22(17)12-27/h1-7,9,11,14-15,31H,8,10,12-13,27H2,(H,30,34). The number of carbonyl (C=O) groups is 1. The first kappa shape index (κ1) is 23.0. The molecule has 3 heterocycles. The van der Waals surface area contributed by atoms with Crippen molar-refractivity contribution in [1.29, 1.82) is 0 Å². The van der Waals surface area contributed by atoms with Crippen molar-refractivity contribution in [2.75, 3.05) is 12.0 Å². The number of hydrogen-bond donors (Lipinski definition) is 3. The summed E-state index contributed by atoms with van der Waals surface area (Å²) in [6.45, 7) is 0.990. The largest absolute Gasteiger partial charge is 0.348 e. The number of aromatic nitrogens is 4. The Hall–Kier alpha value is -4.18. The summed E-state index contributed by atoms with van der Waals surface area (Å²) in [7, 11) is 0. The minimum Gasteiger partial charge on any atom is -0.348 e. The summed E-state index contributed by atoms with van der Waals surface area (Å²) in [5.41, 5.74) is 11.9. The Balaban J connectivity index is 1.35. The number of nitrogens with one attached hydrogen (secondary N) is 2. The summed E-state index contributed by atoms with van der Waals surface area (Å²) in [6, 6.07) is 13.0. The Kier molecular flexibility index (Phi) is 7.19. The highest BCUT2D eigenvalue weighted by molar-refractivity contribution is 5.94. The first-order valence-electron chi connectivity index (χ1n) is 10.6. The number of amides is 1. The molecule has 8 nitrogen and oxygen atoms in total. The quantitative estimate of drug-likeness (QED) is 0.352. The van der Waals surface area contributed by atoms with Gasteiger partial charge >= 0.3 is 0 Å². The Morgan fingerprint density at radius 3 is 2.74 bits per heavy atom. The maximum absolute atomic E-state index is 14.4. The van der Waals surface area contributed by atoms with Crippen LogP contribution in [-0.2, 0) is 19.5 Å². The van der Waals surface area contributed by atoms with Crippen LogP contribution < -0.4 is 16.5 Å². The van der Waals surface area contributed by atoms with E-state index in [9.17, 15) is 13.6 Å². The number of nitrogens with zero attached hydrogens (tertiary/aromatic N) is 4. The fourth-order valence-electron chi connectivity index (χ4n) is 3.39. The Morgan fingerprint density at radius 1 is 1.09 bits per heavy atom. The summed E-state index contributed by atoms with van der Waals surface area (Å²) in [6.07, 6.45) is 5.05. The molecule has 0 unspecified atom stereocenters. The van der Waals surface area contributed by atoms with Crippen molar-refractivity contribution < 1.29 is 13.6 Å². The van der Waals surface area contributed by atoms with Gasteiger partial charge in [0.2, 0.25) is 5.95 Å². The van der Waals surface area contributed by atoms with Crippen molar-refractivity contribution in [2.24, 2.45) is 5.73 Å². The molecule has 0 spiro atoms. The van der Waals surface area contributed by atoms with Crippen molar-refractivity contribution in [2.45, 2.75) is 19.5 Å². The number of rotatable bonds is 9. The molecule has 0 atom stereocenters. The number of carbonyl (C=O) groups excluding carboxylic acids is 1. The lowest BCUT2D eigenvalue weighted by molar-refractivity contribution is 0.0950. The normalized spacial score (nSPS) is 10.8. The third kappa shape index (κ3) is 5.59. The first-order valence-corrected chi connectivity index (χ1v) is 10.6. The third-order valence-corrected chi connectivity index (χ3v) is 5.16. The van der Waals surface area contributed by atoms with E-state index in [-0.39, 0.29) is 30.4 Å². The molecule has 34 heavy (non-hydrogen) atoms. The molecule has 0 aliphatic carbocycles. The highest BCUT2D eigenvalue weighted by atomic mass is 19.1. The average molecular weight is 463 g/mol. The van der Waals surface area contributed by atoms with E-state index in [0.29, 0.717) is 29.9 Å². The highest BCUT2D eigenvalue weighted by Gasteiger charge is 2.14. The lowest BCUT2D eigenvalue weighted by atomic mass is 10.1. The molecule has 0 aliphatic heterocycles. The topological polar surface area (TPSA) is 111 Å². The number of halogens is 2. The van der Waals surface area contributed by atoms with Crippen LogP contribution in [0.3, 0.4) is 0 Å². The molecule has 4 aromatic rings. The molecule has 4 rings (SSSR count). The van der Waals surface area contributed by atoms with Crippen LogP contribution in [0.25, 0.3) is 11.3 Å². The third-order valence-electron chi connectivity index (χ3n) is 5.16. The van der Waals surface area contributed by atoms with Crippen molar-refractivity contribution in [3.05, 3.63) is 101 Å². The summed E-state index contributed by atoms with van der Waals surface area (Å²) in [5.74, 6) is -1.32. The second kappa shape index (κ2) is 10.6. The SMILES string of the molecule is NCc1ncccc1CNC(=O)c1ccc(-c2cn(NCCc3cccc(F)c3)nc2F)nc1.